The van der Waals surface area contributed by atoms with Gasteiger partial charge in [0.25, 0.3) is 0 Å². The van der Waals surface area contributed by atoms with Gasteiger partial charge in [-0.1, -0.05) is 12.8 Å². The van der Waals surface area contributed by atoms with Crippen molar-refractivity contribution in [1.29, 1.82) is 0 Å². The normalized spacial score (nSPS) is 12.8. The van der Waals surface area contributed by atoms with Gasteiger partial charge in [0, 0.05) is 13.0 Å². The zero-order valence-corrected chi connectivity index (χ0v) is 14.3. The molecule has 0 unspecified atom stereocenters. The van der Waals surface area contributed by atoms with E-state index in [0.29, 0.717) is 25.9 Å². The average molecular weight is 315 g/mol. The standard InChI is InChI=1S/C16H33N3O3/c1-16(2,3)22-14(20)10-5-4-8-12-19-15(21)13(18)9-6-7-11-17/h13H,4-12,17-18H2,1-3H3,(H,19,21)/t13-/m0/s1. The largest absolute Gasteiger partial charge is 0.460 e. The minimum absolute atomic E-state index is 0.107. The Kier molecular flexibility index (Phi) is 10.8. The number of esters is 1. The Morgan fingerprint density at radius 3 is 2.36 bits per heavy atom. The first-order chi connectivity index (χ1) is 10.3. The van der Waals surface area contributed by atoms with Crippen molar-refractivity contribution in [2.75, 3.05) is 13.1 Å². The van der Waals surface area contributed by atoms with E-state index in [2.05, 4.69) is 5.32 Å². The van der Waals surface area contributed by atoms with Crippen LogP contribution in [0, 0.1) is 0 Å². The molecule has 6 nitrogen and oxygen atoms in total. The Morgan fingerprint density at radius 2 is 1.77 bits per heavy atom. The van der Waals surface area contributed by atoms with E-state index in [4.69, 9.17) is 16.2 Å². The van der Waals surface area contributed by atoms with E-state index in [-0.39, 0.29) is 11.9 Å². The van der Waals surface area contributed by atoms with Gasteiger partial charge in [-0.25, -0.2) is 0 Å². The minimum Gasteiger partial charge on any atom is -0.460 e. The molecule has 1 amide bonds. The molecule has 130 valence electrons. The molecule has 6 heteroatoms. The lowest BCUT2D eigenvalue weighted by atomic mass is 10.1. The number of carbonyl (C=O) groups excluding carboxylic acids is 2. The summed E-state index contributed by atoms with van der Waals surface area (Å²) in [6.45, 7) is 6.80. The number of nitrogens with two attached hydrogens (primary N) is 2. The number of ether oxygens (including phenoxy) is 1. The molecule has 22 heavy (non-hydrogen) atoms. The molecule has 0 saturated heterocycles. The van der Waals surface area contributed by atoms with Crippen molar-refractivity contribution in [2.45, 2.75) is 77.4 Å². The van der Waals surface area contributed by atoms with Crippen molar-refractivity contribution in [3.05, 3.63) is 0 Å². The topological polar surface area (TPSA) is 107 Å². The summed E-state index contributed by atoms with van der Waals surface area (Å²) in [7, 11) is 0. The third kappa shape index (κ3) is 12.6. The Bertz CT molecular complexity index is 327. The van der Waals surface area contributed by atoms with Gasteiger partial charge in [-0.2, -0.15) is 0 Å². The summed E-state index contributed by atoms with van der Waals surface area (Å²) in [6, 6.07) is -0.451. The van der Waals surface area contributed by atoms with Gasteiger partial charge in [0.15, 0.2) is 0 Å². The lowest BCUT2D eigenvalue weighted by molar-refractivity contribution is -0.154. The second kappa shape index (κ2) is 11.4. The summed E-state index contributed by atoms with van der Waals surface area (Å²) in [6.07, 6.45) is 5.34. The molecule has 0 spiro atoms. The minimum atomic E-state index is -0.451. The molecule has 0 bridgehead atoms. The molecule has 0 rings (SSSR count). The molecule has 0 radical (unpaired) electrons. The second-order valence-electron chi connectivity index (χ2n) is 6.58. The van der Waals surface area contributed by atoms with Crippen LogP contribution in [0.3, 0.4) is 0 Å². The molecule has 0 aliphatic rings. The van der Waals surface area contributed by atoms with Crippen LogP contribution in [0.2, 0.25) is 0 Å². The summed E-state index contributed by atoms with van der Waals surface area (Å²) in [5, 5.41) is 2.82. The smallest absolute Gasteiger partial charge is 0.306 e. The molecule has 0 aromatic heterocycles. The Labute approximate surface area is 134 Å². The van der Waals surface area contributed by atoms with Crippen molar-refractivity contribution in [3.8, 4) is 0 Å². The van der Waals surface area contributed by atoms with E-state index in [0.717, 1.165) is 32.1 Å². The van der Waals surface area contributed by atoms with Crippen LogP contribution in [0.4, 0.5) is 0 Å². The summed E-state index contributed by atoms with van der Waals surface area (Å²) in [5.41, 5.74) is 10.8. The predicted molar refractivity (Wildman–Crippen MR) is 88.2 cm³/mol. The summed E-state index contributed by atoms with van der Waals surface area (Å²) in [4.78, 5) is 23.2. The van der Waals surface area contributed by atoms with Gasteiger partial charge in [-0.3, -0.25) is 9.59 Å². The molecular formula is C16H33N3O3. The lowest BCUT2D eigenvalue weighted by Gasteiger charge is -2.19. The van der Waals surface area contributed by atoms with E-state index < -0.39 is 11.6 Å². The number of rotatable bonds is 11. The third-order valence-corrected chi connectivity index (χ3v) is 3.08. The summed E-state index contributed by atoms with van der Waals surface area (Å²) in [5.74, 6) is -0.275. The SMILES string of the molecule is CC(C)(C)OC(=O)CCCCCNC(=O)[C@@H](N)CCCCN. The molecule has 0 fully saturated rings. The molecule has 0 saturated carbocycles. The van der Waals surface area contributed by atoms with Gasteiger partial charge >= 0.3 is 5.97 Å². The van der Waals surface area contributed by atoms with Crippen LogP contribution >= 0.6 is 0 Å². The van der Waals surface area contributed by atoms with Crippen LogP contribution in [0.15, 0.2) is 0 Å². The van der Waals surface area contributed by atoms with Gasteiger partial charge in [0.2, 0.25) is 5.91 Å². The molecule has 0 aliphatic carbocycles. The fourth-order valence-corrected chi connectivity index (χ4v) is 1.95. The molecule has 0 heterocycles. The Hall–Kier alpha value is -1.14. The van der Waals surface area contributed by atoms with Crippen LogP contribution in [-0.2, 0) is 14.3 Å². The quantitative estimate of drug-likeness (QED) is 0.395. The number of hydrogen-bond acceptors (Lipinski definition) is 5. The van der Waals surface area contributed by atoms with Crippen molar-refractivity contribution in [2.24, 2.45) is 11.5 Å². The predicted octanol–water partition coefficient (Wildman–Crippen LogP) is 1.46. The van der Waals surface area contributed by atoms with E-state index in [1.54, 1.807) is 0 Å². The highest BCUT2D eigenvalue weighted by atomic mass is 16.6. The van der Waals surface area contributed by atoms with Gasteiger partial charge in [-0.05, 0) is 53.0 Å². The first-order valence-corrected chi connectivity index (χ1v) is 8.21. The van der Waals surface area contributed by atoms with Gasteiger partial charge in [-0.15, -0.1) is 0 Å². The lowest BCUT2D eigenvalue weighted by Crippen LogP contribution is -2.40. The number of amides is 1. The van der Waals surface area contributed by atoms with Crippen LogP contribution in [0.5, 0.6) is 0 Å². The van der Waals surface area contributed by atoms with Crippen molar-refractivity contribution < 1.29 is 14.3 Å². The number of unbranched alkanes of at least 4 members (excludes halogenated alkanes) is 3. The highest BCUT2D eigenvalue weighted by Gasteiger charge is 2.15. The fraction of sp³-hybridized carbons (Fsp3) is 0.875. The Balaban J connectivity index is 3.56. The Morgan fingerprint density at radius 1 is 1.09 bits per heavy atom. The molecule has 5 N–H and O–H groups in total. The molecular weight excluding hydrogens is 282 g/mol. The van der Waals surface area contributed by atoms with Crippen LogP contribution in [0.1, 0.15) is 65.7 Å². The maximum atomic E-state index is 11.7. The van der Waals surface area contributed by atoms with E-state index in [9.17, 15) is 9.59 Å². The van der Waals surface area contributed by atoms with E-state index in [1.165, 1.54) is 0 Å². The summed E-state index contributed by atoms with van der Waals surface area (Å²) >= 11 is 0. The van der Waals surface area contributed by atoms with E-state index in [1.807, 2.05) is 20.8 Å². The maximum Gasteiger partial charge on any atom is 0.306 e. The highest BCUT2D eigenvalue weighted by Crippen LogP contribution is 2.10. The number of nitrogens with one attached hydrogen (secondary N) is 1. The van der Waals surface area contributed by atoms with Crippen LogP contribution < -0.4 is 16.8 Å². The summed E-state index contributed by atoms with van der Waals surface area (Å²) < 4.78 is 5.23. The van der Waals surface area contributed by atoms with Crippen molar-refractivity contribution >= 4 is 11.9 Å². The number of carbonyl (C=O) groups is 2. The van der Waals surface area contributed by atoms with Gasteiger partial charge in [0.05, 0.1) is 6.04 Å². The first-order valence-electron chi connectivity index (χ1n) is 8.21. The highest BCUT2D eigenvalue weighted by molar-refractivity contribution is 5.81. The van der Waals surface area contributed by atoms with Crippen molar-refractivity contribution in [3.63, 3.8) is 0 Å². The monoisotopic (exact) mass is 315 g/mol. The van der Waals surface area contributed by atoms with E-state index >= 15 is 0 Å². The zero-order chi connectivity index (χ0) is 17.0. The molecule has 0 aromatic carbocycles. The van der Waals surface area contributed by atoms with Crippen LogP contribution in [0.25, 0.3) is 0 Å². The maximum absolute atomic E-state index is 11.7. The third-order valence-electron chi connectivity index (χ3n) is 3.08. The van der Waals surface area contributed by atoms with Gasteiger partial charge < -0.3 is 21.5 Å². The first kappa shape index (κ1) is 20.9. The van der Waals surface area contributed by atoms with Crippen molar-refractivity contribution in [1.82, 2.24) is 5.32 Å². The average Bonchev–Trinajstić information content (AvgIpc) is 2.40. The molecule has 0 aromatic rings. The molecule has 0 aliphatic heterocycles. The second-order valence-corrected chi connectivity index (χ2v) is 6.58. The van der Waals surface area contributed by atoms with Crippen LogP contribution in [-0.4, -0.2) is 36.6 Å². The number of hydrogen-bond donors (Lipinski definition) is 3. The molecule has 1 atom stereocenters. The van der Waals surface area contributed by atoms with Gasteiger partial charge in [0.1, 0.15) is 5.60 Å². The fourth-order valence-electron chi connectivity index (χ4n) is 1.95. The zero-order valence-electron chi connectivity index (χ0n) is 14.3.